The number of ether oxygens (including phenoxy) is 1. The monoisotopic (exact) mass is 480 g/mol. The molecule has 1 saturated heterocycles. The first-order valence-electron chi connectivity index (χ1n) is 10.7. The Labute approximate surface area is 198 Å². The predicted molar refractivity (Wildman–Crippen MR) is 128 cm³/mol. The highest BCUT2D eigenvalue weighted by Crippen LogP contribution is 2.35. The smallest absolute Gasteiger partial charge is 0.284 e. The number of carbonyl (C=O) groups is 1. The Morgan fingerprint density at radius 2 is 2.06 bits per heavy atom. The molecular weight excluding hydrogens is 460 g/mol. The maximum atomic E-state index is 12.7. The van der Waals surface area contributed by atoms with Crippen LogP contribution >= 0.6 is 11.8 Å². The van der Waals surface area contributed by atoms with Gasteiger partial charge in [0.2, 0.25) is 5.17 Å². The van der Waals surface area contributed by atoms with Crippen molar-refractivity contribution in [2.24, 2.45) is 10.1 Å². The molecule has 1 amide bonds. The van der Waals surface area contributed by atoms with Crippen LogP contribution in [-0.4, -0.2) is 56.6 Å². The van der Waals surface area contributed by atoms with E-state index in [2.05, 4.69) is 15.0 Å². The standard InChI is InChI=1S/C22H20N6O5S/c1-2-32-13-5-7-15(17(12-13)28(30)31)18-8-6-14(33-18)11-16-19(23)27-21(24-20(16)29)34-22(25-27)26-9-3-4-10-26/h5-8,11-12,23H,2-4,9-10H2,1H3/b16-11+,23-19?. The van der Waals surface area contributed by atoms with Gasteiger partial charge in [0, 0.05) is 13.1 Å². The molecule has 1 fully saturated rings. The van der Waals surface area contributed by atoms with Crippen molar-refractivity contribution >= 4 is 45.6 Å². The van der Waals surface area contributed by atoms with Crippen molar-refractivity contribution in [3.63, 3.8) is 0 Å². The summed E-state index contributed by atoms with van der Waals surface area (Å²) in [5, 5.41) is 27.0. The van der Waals surface area contributed by atoms with E-state index in [0.717, 1.165) is 31.1 Å². The van der Waals surface area contributed by atoms with Crippen LogP contribution < -0.4 is 4.74 Å². The molecule has 4 heterocycles. The van der Waals surface area contributed by atoms with Crippen LogP contribution in [0.4, 0.5) is 5.69 Å². The van der Waals surface area contributed by atoms with Crippen LogP contribution in [0.15, 0.2) is 50.4 Å². The lowest BCUT2D eigenvalue weighted by Crippen LogP contribution is -2.35. The molecule has 34 heavy (non-hydrogen) atoms. The van der Waals surface area contributed by atoms with Crippen LogP contribution in [0.2, 0.25) is 0 Å². The van der Waals surface area contributed by atoms with Crippen molar-refractivity contribution in [1.29, 1.82) is 5.41 Å². The van der Waals surface area contributed by atoms with E-state index >= 15 is 0 Å². The SMILES string of the molecule is CCOc1ccc(-c2ccc(/C=C3\C(=N)N4N=C(N5CCCC5)SC4=NC3=O)o2)c([N+](=O)[O-])c1. The van der Waals surface area contributed by atoms with Crippen LogP contribution in [0.5, 0.6) is 5.75 Å². The van der Waals surface area contributed by atoms with Crippen molar-refractivity contribution in [2.75, 3.05) is 19.7 Å². The number of amidine groups is 3. The molecule has 0 radical (unpaired) electrons. The van der Waals surface area contributed by atoms with Gasteiger partial charge in [0.1, 0.15) is 17.3 Å². The van der Waals surface area contributed by atoms with Gasteiger partial charge in [-0.3, -0.25) is 20.3 Å². The Balaban J connectivity index is 1.43. The average Bonchev–Trinajstić information content (AvgIpc) is 3.57. The van der Waals surface area contributed by atoms with Crippen molar-refractivity contribution in [1.82, 2.24) is 9.91 Å². The molecule has 3 aliphatic rings. The Bertz CT molecular complexity index is 1290. The van der Waals surface area contributed by atoms with Crippen molar-refractivity contribution in [3.05, 3.63) is 51.8 Å². The second-order valence-electron chi connectivity index (χ2n) is 7.67. The number of hydrogen-bond acceptors (Lipinski definition) is 9. The van der Waals surface area contributed by atoms with Gasteiger partial charge >= 0.3 is 0 Å². The lowest BCUT2D eigenvalue weighted by atomic mass is 10.1. The van der Waals surface area contributed by atoms with Gasteiger partial charge in [-0.2, -0.15) is 10.0 Å². The number of aliphatic imine (C=N–C) groups is 1. The third kappa shape index (κ3) is 3.96. The van der Waals surface area contributed by atoms with Gasteiger partial charge in [-0.1, -0.05) is 0 Å². The predicted octanol–water partition coefficient (Wildman–Crippen LogP) is 3.93. The van der Waals surface area contributed by atoms with E-state index in [9.17, 15) is 14.9 Å². The zero-order chi connectivity index (χ0) is 23.8. The first-order chi connectivity index (χ1) is 16.4. The molecule has 0 aliphatic carbocycles. The molecular formula is C22H20N6O5S. The largest absolute Gasteiger partial charge is 0.494 e. The van der Waals surface area contributed by atoms with Crippen LogP contribution in [0.3, 0.4) is 0 Å². The number of nitro groups is 1. The minimum atomic E-state index is -0.563. The van der Waals surface area contributed by atoms with Crippen molar-refractivity contribution in [3.8, 4) is 17.1 Å². The van der Waals surface area contributed by atoms with E-state index in [-0.39, 0.29) is 34.2 Å². The maximum absolute atomic E-state index is 12.7. The van der Waals surface area contributed by atoms with E-state index < -0.39 is 10.8 Å². The van der Waals surface area contributed by atoms with Gasteiger partial charge in [0.05, 0.1) is 28.7 Å². The molecule has 1 aromatic carbocycles. The Morgan fingerprint density at radius 3 is 2.79 bits per heavy atom. The molecule has 1 N–H and O–H groups in total. The zero-order valence-corrected chi connectivity index (χ0v) is 19.0. The van der Waals surface area contributed by atoms with Crippen molar-refractivity contribution in [2.45, 2.75) is 19.8 Å². The van der Waals surface area contributed by atoms with E-state index in [1.165, 1.54) is 28.9 Å². The van der Waals surface area contributed by atoms with Crippen LogP contribution in [0.1, 0.15) is 25.5 Å². The Morgan fingerprint density at radius 1 is 1.26 bits per heavy atom. The summed E-state index contributed by atoms with van der Waals surface area (Å²) in [6.07, 6.45) is 3.57. The molecule has 0 saturated carbocycles. The number of furan rings is 1. The van der Waals surface area contributed by atoms with Gasteiger partial charge < -0.3 is 14.1 Å². The molecule has 174 valence electrons. The van der Waals surface area contributed by atoms with Crippen LogP contribution in [0.25, 0.3) is 17.4 Å². The number of rotatable bonds is 5. The topological polar surface area (TPSA) is 138 Å². The molecule has 12 heteroatoms. The van der Waals surface area contributed by atoms with Gasteiger partial charge in [0.25, 0.3) is 11.6 Å². The van der Waals surface area contributed by atoms with Gasteiger partial charge in [0.15, 0.2) is 11.0 Å². The summed E-state index contributed by atoms with van der Waals surface area (Å²) in [5.74, 6) is 0.250. The third-order valence-electron chi connectivity index (χ3n) is 5.48. The minimum absolute atomic E-state index is 0.0258. The molecule has 0 spiro atoms. The average molecular weight is 481 g/mol. The summed E-state index contributed by atoms with van der Waals surface area (Å²) < 4.78 is 11.1. The first kappa shape index (κ1) is 21.9. The highest BCUT2D eigenvalue weighted by molar-refractivity contribution is 8.26. The summed E-state index contributed by atoms with van der Waals surface area (Å²) in [4.78, 5) is 29.9. The molecule has 11 nitrogen and oxygen atoms in total. The van der Waals surface area contributed by atoms with E-state index in [4.69, 9.17) is 14.6 Å². The van der Waals surface area contributed by atoms with Crippen molar-refractivity contribution < 1.29 is 18.9 Å². The minimum Gasteiger partial charge on any atom is -0.494 e. The molecule has 0 bridgehead atoms. The summed E-state index contributed by atoms with van der Waals surface area (Å²) >= 11 is 1.28. The maximum Gasteiger partial charge on any atom is 0.284 e. The number of hydrogen-bond donors (Lipinski definition) is 1. The Kier molecular flexibility index (Phi) is 5.65. The highest BCUT2D eigenvalue weighted by atomic mass is 32.2. The number of nitrogens with one attached hydrogen (secondary N) is 1. The molecule has 1 aromatic heterocycles. The fraction of sp³-hybridized carbons (Fsp3) is 0.273. The van der Waals surface area contributed by atoms with Crippen LogP contribution in [-0.2, 0) is 4.79 Å². The molecule has 5 rings (SSSR count). The lowest BCUT2D eigenvalue weighted by Gasteiger charge is -2.19. The number of nitrogens with zero attached hydrogens (tertiary/aromatic N) is 5. The number of hydrazone groups is 1. The van der Waals surface area contributed by atoms with E-state index in [1.54, 1.807) is 31.2 Å². The number of fused-ring (bicyclic) bond motifs is 1. The summed E-state index contributed by atoms with van der Waals surface area (Å²) in [5.41, 5.74) is 0.144. The number of benzene rings is 1. The van der Waals surface area contributed by atoms with Crippen LogP contribution in [0, 0.1) is 15.5 Å². The summed E-state index contributed by atoms with van der Waals surface area (Å²) in [6.45, 7) is 3.97. The zero-order valence-electron chi connectivity index (χ0n) is 18.2. The quantitative estimate of drug-likeness (QED) is 0.386. The number of thioether (sulfide) groups is 1. The third-order valence-corrected chi connectivity index (χ3v) is 6.45. The normalized spacial score (nSPS) is 18.9. The Hall–Kier alpha value is -3.93. The molecule has 0 unspecified atom stereocenters. The number of likely N-dealkylation sites (tertiary alicyclic amines) is 1. The first-order valence-corrected chi connectivity index (χ1v) is 11.5. The van der Waals surface area contributed by atoms with Gasteiger partial charge in [-0.15, -0.1) is 5.10 Å². The van der Waals surface area contributed by atoms with E-state index in [0.29, 0.717) is 17.5 Å². The summed E-state index contributed by atoms with van der Waals surface area (Å²) in [7, 11) is 0. The fourth-order valence-corrected chi connectivity index (χ4v) is 4.81. The fourth-order valence-electron chi connectivity index (χ4n) is 3.86. The lowest BCUT2D eigenvalue weighted by molar-refractivity contribution is -0.384. The number of carbonyl (C=O) groups excluding carboxylic acids is 1. The van der Waals surface area contributed by atoms with Gasteiger partial charge in [-0.05, 0) is 61.9 Å². The molecule has 0 atom stereocenters. The number of amides is 1. The van der Waals surface area contributed by atoms with E-state index in [1.807, 2.05) is 0 Å². The second-order valence-corrected chi connectivity index (χ2v) is 8.60. The van der Waals surface area contributed by atoms with Gasteiger partial charge in [-0.25, -0.2) is 0 Å². The number of nitro benzene ring substituents is 1. The second kappa shape index (κ2) is 8.78. The molecule has 2 aromatic rings. The highest BCUT2D eigenvalue weighted by Gasteiger charge is 2.38. The summed E-state index contributed by atoms with van der Waals surface area (Å²) in [6, 6.07) is 7.69. The molecule has 3 aliphatic heterocycles.